The molecule has 26 heavy (non-hydrogen) atoms. The van der Waals surface area contributed by atoms with Gasteiger partial charge < -0.3 is 15.6 Å². The van der Waals surface area contributed by atoms with Gasteiger partial charge in [-0.3, -0.25) is 0 Å². The molecule has 2 heterocycles. The molecule has 2 aromatic carbocycles. The van der Waals surface area contributed by atoms with Crippen molar-refractivity contribution in [2.24, 2.45) is 0 Å². The van der Waals surface area contributed by atoms with Gasteiger partial charge in [0, 0.05) is 39.7 Å². The van der Waals surface area contributed by atoms with E-state index in [1.165, 1.54) is 0 Å². The van der Waals surface area contributed by atoms with Crippen molar-refractivity contribution < 1.29 is 0 Å². The third-order valence-electron chi connectivity index (χ3n) is 3.97. The molecule has 5 nitrogen and oxygen atoms in total. The van der Waals surface area contributed by atoms with Gasteiger partial charge in [0.05, 0.1) is 0 Å². The van der Waals surface area contributed by atoms with Gasteiger partial charge in [0.15, 0.2) is 0 Å². The summed E-state index contributed by atoms with van der Waals surface area (Å²) in [5.41, 5.74) is 4.88. The van der Waals surface area contributed by atoms with E-state index < -0.39 is 0 Å². The minimum atomic E-state index is 0.503. The molecule has 0 spiro atoms. The molecule has 4 rings (SSSR count). The SMILES string of the molecule is C#Cc1cccc(Nc2nccc(Nc3ccc4[nH]c(C)cc4c3)n2)c1. The zero-order valence-electron chi connectivity index (χ0n) is 14.2. The van der Waals surface area contributed by atoms with Gasteiger partial charge in [-0.15, -0.1) is 6.42 Å². The van der Waals surface area contributed by atoms with Gasteiger partial charge in [-0.1, -0.05) is 12.0 Å². The lowest BCUT2D eigenvalue weighted by Gasteiger charge is -2.09. The lowest BCUT2D eigenvalue weighted by Crippen LogP contribution is -2.00. The van der Waals surface area contributed by atoms with Crippen molar-refractivity contribution in [3.8, 4) is 12.3 Å². The molecule has 0 aliphatic heterocycles. The van der Waals surface area contributed by atoms with Crippen LogP contribution in [0.5, 0.6) is 0 Å². The summed E-state index contributed by atoms with van der Waals surface area (Å²) in [5, 5.41) is 7.65. The highest BCUT2D eigenvalue weighted by Crippen LogP contribution is 2.23. The van der Waals surface area contributed by atoms with Crippen molar-refractivity contribution in [1.82, 2.24) is 15.0 Å². The molecular formula is C21H17N5. The van der Waals surface area contributed by atoms with Crippen LogP contribution in [0.1, 0.15) is 11.3 Å². The number of hydrogen-bond acceptors (Lipinski definition) is 4. The molecule has 2 aromatic heterocycles. The van der Waals surface area contributed by atoms with E-state index in [-0.39, 0.29) is 0 Å². The number of aromatic amines is 1. The first-order chi connectivity index (χ1) is 12.7. The van der Waals surface area contributed by atoms with Crippen LogP contribution in [0.25, 0.3) is 10.9 Å². The number of fused-ring (bicyclic) bond motifs is 1. The van der Waals surface area contributed by atoms with Crippen LogP contribution in [-0.2, 0) is 0 Å². The second-order valence-corrected chi connectivity index (χ2v) is 6.00. The maximum absolute atomic E-state index is 5.44. The Labute approximate surface area is 151 Å². The standard InChI is InChI=1S/C21H17N5/c1-3-15-5-4-6-17(12-15)25-21-22-10-9-20(26-21)24-18-7-8-19-16(13-18)11-14(2)23-19/h1,4-13,23H,2H3,(H2,22,24,25,26). The number of nitrogens with one attached hydrogen (secondary N) is 3. The number of aryl methyl sites for hydroxylation is 1. The van der Waals surface area contributed by atoms with E-state index in [4.69, 9.17) is 6.42 Å². The smallest absolute Gasteiger partial charge is 0.229 e. The third-order valence-corrected chi connectivity index (χ3v) is 3.97. The van der Waals surface area contributed by atoms with E-state index in [2.05, 4.69) is 49.7 Å². The molecule has 0 aliphatic rings. The highest BCUT2D eigenvalue weighted by atomic mass is 15.1. The summed E-state index contributed by atoms with van der Waals surface area (Å²) < 4.78 is 0. The number of aromatic nitrogens is 3. The molecular weight excluding hydrogens is 322 g/mol. The fraction of sp³-hybridized carbons (Fsp3) is 0.0476. The third kappa shape index (κ3) is 3.35. The van der Waals surface area contributed by atoms with Crippen LogP contribution in [0.4, 0.5) is 23.1 Å². The number of H-pyrrole nitrogens is 1. The van der Waals surface area contributed by atoms with Crippen molar-refractivity contribution in [3.05, 3.63) is 72.1 Å². The topological polar surface area (TPSA) is 65.6 Å². The highest BCUT2D eigenvalue weighted by Gasteiger charge is 2.03. The Morgan fingerprint density at radius 2 is 1.88 bits per heavy atom. The summed E-state index contributed by atoms with van der Waals surface area (Å²) in [6.07, 6.45) is 7.15. The number of hydrogen-bond donors (Lipinski definition) is 3. The van der Waals surface area contributed by atoms with Gasteiger partial charge in [-0.2, -0.15) is 4.98 Å². The Bertz CT molecular complexity index is 1120. The molecule has 0 atom stereocenters. The van der Waals surface area contributed by atoms with Crippen molar-refractivity contribution in [1.29, 1.82) is 0 Å². The van der Waals surface area contributed by atoms with E-state index in [0.29, 0.717) is 11.8 Å². The lowest BCUT2D eigenvalue weighted by atomic mass is 10.2. The van der Waals surface area contributed by atoms with Crippen LogP contribution < -0.4 is 10.6 Å². The molecule has 3 N–H and O–H groups in total. The normalized spacial score (nSPS) is 10.5. The molecule has 5 heteroatoms. The fourth-order valence-corrected chi connectivity index (χ4v) is 2.81. The van der Waals surface area contributed by atoms with Crippen LogP contribution in [0.3, 0.4) is 0 Å². The summed E-state index contributed by atoms with van der Waals surface area (Å²) >= 11 is 0. The van der Waals surface area contributed by atoms with Gasteiger partial charge >= 0.3 is 0 Å². The second kappa shape index (κ2) is 6.61. The maximum atomic E-state index is 5.44. The Hall–Kier alpha value is -3.78. The van der Waals surface area contributed by atoms with Crippen LogP contribution in [0.15, 0.2) is 60.8 Å². The van der Waals surface area contributed by atoms with Crippen LogP contribution in [-0.4, -0.2) is 15.0 Å². The Balaban J connectivity index is 1.55. The number of rotatable bonds is 4. The summed E-state index contributed by atoms with van der Waals surface area (Å²) in [6.45, 7) is 2.05. The summed E-state index contributed by atoms with van der Waals surface area (Å²) in [4.78, 5) is 12.1. The average molecular weight is 339 g/mol. The quantitative estimate of drug-likeness (QED) is 0.470. The Morgan fingerprint density at radius 1 is 1.00 bits per heavy atom. The van der Waals surface area contributed by atoms with E-state index in [1.807, 2.05) is 43.3 Å². The number of terminal acetylenes is 1. The second-order valence-electron chi connectivity index (χ2n) is 6.00. The molecule has 0 saturated carbocycles. The minimum Gasteiger partial charge on any atom is -0.359 e. The van der Waals surface area contributed by atoms with Crippen molar-refractivity contribution >= 4 is 34.0 Å². The predicted molar refractivity (Wildman–Crippen MR) is 106 cm³/mol. The van der Waals surface area contributed by atoms with E-state index in [1.54, 1.807) is 6.20 Å². The monoisotopic (exact) mass is 339 g/mol. The minimum absolute atomic E-state index is 0.503. The Morgan fingerprint density at radius 3 is 2.77 bits per heavy atom. The number of benzene rings is 2. The zero-order valence-corrected chi connectivity index (χ0v) is 14.2. The first-order valence-corrected chi connectivity index (χ1v) is 8.23. The predicted octanol–water partition coefficient (Wildman–Crippen LogP) is 4.73. The molecule has 4 aromatic rings. The Kier molecular flexibility index (Phi) is 4.00. The summed E-state index contributed by atoms with van der Waals surface area (Å²) in [6, 6.07) is 17.7. The van der Waals surface area contributed by atoms with E-state index in [9.17, 15) is 0 Å². The van der Waals surface area contributed by atoms with Gasteiger partial charge in [-0.25, -0.2) is 4.98 Å². The van der Waals surface area contributed by atoms with Crippen LogP contribution in [0.2, 0.25) is 0 Å². The molecule has 0 fully saturated rings. The van der Waals surface area contributed by atoms with E-state index >= 15 is 0 Å². The van der Waals surface area contributed by atoms with Gasteiger partial charge in [0.25, 0.3) is 0 Å². The van der Waals surface area contributed by atoms with Gasteiger partial charge in [-0.05, 0) is 55.5 Å². The van der Waals surface area contributed by atoms with Crippen molar-refractivity contribution in [2.45, 2.75) is 6.92 Å². The van der Waals surface area contributed by atoms with Crippen LogP contribution >= 0.6 is 0 Å². The molecule has 0 saturated heterocycles. The summed E-state index contributed by atoms with van der Waals surface area (Å²) in [7, 11) is 0. The largest absolute Gasteiger partial charge is 0.359 e. The molecule has 0 bridgehead atoms. The molecule has 0 radical (unpaired) electrons. The first-order valence-electron chi connectivity index (χ1n) is 8.23. The fourth-order valence-electron chi connectivity index (χ4n) is 2.81. The summed E-state index contributed by atoms with van der Waals surface area (Å²) in [5.74, 6) is 3.83. The van der Waals surface area contributed by atoms with E-state index in [0.717, 1.165) is 33.5 Å². The zero-order chi connectivity index (χ0) is 17.9. The lowest BCUT2D eigenvalue weighted by molar-refractivity contribution is 1.17. The molecule has 0 aliphatic carbocycles. The van der Waals surface area contributed by atoms with Crippen molar-refractivity contribution in [2.75, 3.05) is 10.6 Å². The number of nitrogens with zero attached hydrogens (tertiary/aromatic N) is 2. The van der Waals surface area contributed by atoms with Gasteiger partial charge in [0.2, 0.25) is 5.95 Å². The highest BCUT2D eigenvalue weighted by molar-refractivity contribution is 5.84. The number of anilines is 4. The average Bonchev–Trinajstić information content (AvgIpc) is 3.01. The van der Waals surface area contributed by atoms with Crippen molar-refractivity contribution in [3.63, 3.8) is 0 Å². The first kappa shape index (κ1) is 15.7. The van der Waals surface area contributed by atoms with Gasteiger partial charge in [0.1, 0.15) is 5.82 Å². The molecule has 0 amide bonds. The maximum Gasteiger partial charge on any atom is 0.229 e. The van der Waals surface area contributed by atoms with Crippen LogP contribution in [0, 0.1) is 19.3 Å². The molecule has 0 unspecified atom stereocenters. The molecule has 126 valence electrons.